The highest BCUT2D eigenvalue weighted by Gasteiger charge is 2.31. The second-order valence-electron chi connectivity index (χ2n) is 4.11. The van der Waals surface area contributed by atoms with Gasteiger partial charge in [0.2, 0.25) is 0 Å². The van der Waals surface area contributed by atoms with Crippen molar-refractivity contribution in [2.24, 2.45) is 0 Å². The van der Waals surface area contributed by atoms with Crippen molar-refractivity contribution < 1.29 is 9.16 Å². The summed E-state index contributed by atoms with van der Waals surface area (Å²) in [5.74, 6) is 0. The van der Waals surface area contributed by atoms with Gasteiger partial charge >= 0.3 is 0 Å². The van der Waals surface area contributed by atoms with Crippen LogP contribution in [-0.4, -0.2) is 20.7 Å². The molecule has 0 aromatic heterocycles. The van der Waals surface area contributed by atoms with E-state index in [-0.39, 0.29) is 12.4 Å². The predicted molar refractivity (Wildman–Crippen MR) is 64.0 cm³/mol. The second-order valence-corrected chi connectivity index (χ2v) is 8.84. The molecule has 0 aromatic carbocycles. The minimum atomic E-state index is -1.47. The number of ether oxygens (including phenoxy) is 1. The molecule has 0 saturated heterocycles. The maximum atomic E-state index is 6.11. The van der Waals surface area contributed by atoms with E-state index in [1.807, 2.05) is 20.8 Å². The van der Waals surface area contributed by atoms with Crippen molar-refractivity contribution in [2.75, 3.05) is 0 Å². The van der Waals surface area contributed by atoms with Crippen LogP contribution in [0.15, 0.2) is 0 Å². The molecule has 0 saturated carbocycles. The largest absolute Gasteiger partial charge is 0.392 e. The zero-order valence-corrected chi connectivity index (χ0v) is 11.6. The van der Waals surface area contributed by atoms with Gasteiger partial charge in [-0.3, -0.25) is 0 Å². The molecule has 3 heteroatoms. The average molecular weight is 218 g/mol. The maximum Gasteiger partial charge on any atom is 0.195 e. The molecule has 2 nitrogen and oxygen atoms in total. The first-order valence-electron chi connectivity index (χ1n) is 5.83. The summed E-state index contributed by atoms with van der Waals surface area (Å²) >= 11 is 0. The normalized spacial score (nSPS) is 14.8. The Morgan fingerprint density at radius 2 is 1.36 bits per heavy atom. The number of hydrogen-bond donors (Lipinski definition) is 0. The van der Waals surface area contributed by atoms with Gasteiger partial charge in [-0.2, -0.15) is 0 Å². The van der Waals surface area contributed by atoms with Crippen LogP contribution in [0.1, 0.15) is 41.5 Å². The molecule has 0 aliphatic rings. The number of rotatable bonds is 7. The summed E-state index contributed by atoms with van der Waals surface area (Å²) in [6, 6.07) is 3.56. The van der Waals surface area contributed by atoms with E-state index in [1.54, 1.807) is 0 Å². The smallest absolute Gasteiger partial charge is 0.195 e. The van der Waals surface area contributed by atoms with Crippen LogP contribution >= 0.6 is 0 Å². The van der Waals surface area contributed by atoms with Crippen molar-refractivity contribution in [2.45, 2.75) is 72.1 Å². The van der Waals surface area contributed by atoms with Crippen molar-refractivity contribution in [3.63, 3.8) is 0 Å². The molecule has 0 fully saturated rings. The van der Waals surface area contributed by atoms with Gasteiger partial charge in [-0.15, -0.1) is 0 Å². The Kier molecular flexibility index (Phi) is 6.65. The van der Waals surface area contributed by atoms with E-state index in [2.05, 4.69) is 20.8 Å². The van der Waals surface area contributed by atoms with Gasteiger partial charge in [0, 0.05) is 0 Å². The molecule has 0 rings (SSSR count). The fraction of sp³-hybridized carbons (Fsp3) is 1.00. The first-order chi connectivity index (χ1) is 6.49. The van der Waals surface area contributed by atoms with Crippen LogP contribution in [0.25, 0.3) is 0 Å². The minimum Gasteiger partial charge on any atom is -0.392 e. The van der Waals surface area contributed by atoms with E-state index in [1.165, 1.54) is 18.1 Å². The average Bonchev–Trinajstić information content (AvgIpc) is 2.13. The first kappa shape index (κ1) is 14.1. The fourth-order valence-corrected chi connectivity index (χ4v) is 4.52. The Morgan fingerprint density at radius 3 is 1.64 bits per heavy atom. The Labute approximate surface area is 90.1 Å². The zero-order chi connectivity index (χ0) is 11.2. The third-order valence-electron chi connectivity index (χ3n) is 2.81. The molecule has 0 amide bonds. The van der Waals surface area contributed by atoms with Gasteiger partial charge < -0.3 is 9.16 Å². The Hall–Kier alpha value is 0.137. The van der Waals surface area contributed by atoms with Crippen molar-refractivity contribution >= 4 is 8.32 Å². The summed E-state index contributed by atoms with van der Waals surface area (Å²) in [4.78, 5) is 0. The van der Waals surface area contributed by atoms with Gasteiger partial charge in [0.15, 0.2) is 8.32 Å². The summed E-state index contributed by atoms with van der Waals surface area (Å²) in [6.45, 7) is 12.8. The predicted octanol–water partition coefficient (Wildman–Crippen LogP) is 3.78. The molecule has 0 N–H and O–H groups in total. The molecule has 0 aliphatic heterocycles. The lowest BCUT2D eigenvalue weighted by molar-refractivity contribution is -0.102. The van der Waals surface area contributed by atoms with Gasteiger partial charge in [0.1, 0.15) is 6.29 Å². The minimum absolute atomic E-state index is 0.0403. The van der Waals surface area contributed by atoms with Crippen molar-refractivity contribution in [1.82, 2.24) is 0 Å². The van der Waals surface area contributed by atoms with Crippen molar-refractivity contribution in [1.29, 1.82) is 0 Å². The van der Waals surface area contributed by atoms with Crippen LogP contribution in [0.3, 0.4) is 0 Å². The molecule has 0 spiro atoms. The van der Waals surface area contributed by atoms with Gasteiger partial charge in [-0.25, -0.2) is 0 Å². The van der Waals surface area contributed by atoms with Crippen LogP contribution in [0.2, 0.25) is 18.1 Å². The third-order valence-corrected chi connectivity index (χ3v) is 7.51. The third kappa shape index (κ3) is 4.58. The van der Waals surface area contributed by atoms with E-state index in [0.717, 1.165) is 0 Å². The van der Waals surface area contributed by atoms with E-state index in [0.29, 0.717) is 0 Å². The highest BCUT2D eigenvalue weighted by Crippen LogP contribution is 2.23. The van der Waals surface area contributed by atoms with Crippen LogP contribution in [0.5, 0.6) is 0 Å². The Bertz CT molecular complexity index is 136. The summed E-state index contributed by atoms with van der Waals surface area (Å²) in [5.41, 5.74) is 0. The molecular weight excluding hydrogens is 192 g/mol. The van der Waals surface area contributed by atoms with Gasteiger partial charge in [0.05, 0.1) is 6.10 Å². The second kappa shape index (κ2) is 6.59. The summed E-state index contributed by atoms with van der Waals surface area (Å²) in [7, 11) is -1.47. The molecule has 0 aliphatic carbocycles. The Morgan fingerprint density at radius 1 is 0.929 bits per heavy atom. The summed E-state index contributed by atoms with van der Waals surface area (Å²) in [6.07, 6.45) is 0.212. The van der Waals surface area contributed by atoms with E-state index in [9.17, 15) is 0 Å². The zero-order valence-electron chi connectivity index (χ0n) is 10.6. The summed E-state index contributed by atoms with van der Waals surface area (Å²) < 4.78 is 11.7. The molecule has 1 atom stereocenters. The lowest BCUT2D eigenvalue weighted by Crippen LogP contribution is -2.40. The molecule has 14 heavy (non-hydrogen) atoms. The van der Waals surface area contributed by atoms with Crippen LogP contribution < -0.4 is 0 Å². The van der Waals surface area contributed by atoms with Crippen LogP contribution in [0, 0.1) is 0 Å². The quantitative estimate of drug-likeness (QED) is 0.478. The molecule has 0 bridgehead atoms. The molecule has 0 heterocycles. The SMILES string of the molecule is CC[Si](CC)(CC)OC(C)OC(C)C. The molecule has 0 aromatic rings. The highest BCUT2D eigenvalue weighted by atomic mass is 28.4. The first-order valence-corrected chi connectivity index (χ1v) is 8.35. The fourth-order valence-electron chi connectivity index (χ4n) is 1.76. The van der Waals surface area contributed by atoms with Gasteiger partial charge in [-0.05, 0) is 38.9 Å². The molecule has 1 unspecified atom stereocenters. The van der Waals surface area contributed by atoms with Crippen LogP contribution in [-0.2, 0) is 9.16 Å². The molecule has 86 valence electrons. The van der Waals surface area contributed by atoms with Gasteiger partial charge in [0.25, 0.3) is 0 Å². The lowest BCUT2D eigenvalue weighted by Gasteiger charge is -2.32. The van der Waals surface area contributed by atoms with E-state index < -0.39 is 8.32 Å². The Balaban J connectivity index is 4.15. The highest BCUT2D eigenvalue weighted by molar-refractivity contribution is 6.73. The summed E-state index contributed by atoms with van der Waals surface area (Å²) in [5, 5.41) is 0. The lowest BCUT2D eigenvalue weighted by atomic mass is 10.5. The van der Waals surface area contributed by atoms with E-state index >= 15 is 0 Å². The topological polar surface area (TPSA) is 18.5 Å². The van der Waals surface area contributed by atoms with Crippen molar-refractivity contribution in [3.05, 3.63) is 0 Å². The van der Waals surface area contributed by atoms with Crippen molar-refractivity contribution in [3.8, 4) is 0 Å². The molecule has 0 radical (unpaired) electrons. The standard InChI is InChI=1S/C11H26O2Si/c1-7-14(8-2,9-3)13-11(6)12-10(4)5/h10-11H,7-9H2,1-6H3. The molecular formula is C11H26O2Si. The van der Waals surface area contributed by atoms with E-state index in [4.69, 9.17) is 9.16 Å². The monoisotopic (exact) mass is 218 g/mol. The van der Waals surface area contributed by atoms with Gasteiger partial charge in [-0.1, -0.05) is 20.8 Å². The van der Waals surface area contributed by atoms with Crippen LogP contribution in [0.4, 0.5) is 0 Å². The maximum absolute atomic E-state index is 6.11. The number of hydrogen-bond acceptors (Lipinski definition) is 2.